The van der Waals surface area contributed by atoms with Crippen LogP contribution in [0.5, 0.6) is 5.75 Å². The van der Waals surface area contributed by atoms with Gasteiger partial charge in [-0.25, -0.2) is 0 Å². The maximum absolute atomic E-state index is 11.4. The molecular weight excluding hydrogens is 401 g/mol. The van der Waals surface area contributed by atoms with Crippen molar-refractivity contribution in [2.24, 2.45) is 0 Å². The molecule has 108 valence electrons. The van der Waals surface area contributed by atoms with E-state index in [-0.39, 0.29) is 17.9 Å². The Morgan fingerprint density at radius 3 is 2.95 bits per heavy atom. The summed E-state index contributed by atoms with van der Waals surface area (Å²) >= 11 is 8.94. The lowest BCUT2D eigenvalue weighted by Gasteiger charge is -2.20. The van der Waals surface area contributed by atoms with Gasteiger partial charge >= 0.3 is 0 Å². The van der Waals surface area contributed by atoms with Gasteiger partial charge in [-0.05, 0) is 58.3 Å². The number of carbonyl (C=O) groups is 1. The number of hydrogen-bond acceptors (Lipinski definition) is 2. The summed E-state index contributed by atoms with van der Waals surface area (Å²) in [6, 6.07) is 11.8. The van der Waals surface area contributed by atoms with Crippen LogP contribution in [0.15, 0.2) is 36.4 Å². The third-order valence-corrected chi connectivity index (χ3v) is 5.38. The molecule has 0 saturated carbocycles. The van der Waals surface area contributed by atoms with Gasteiger partial charge in [-0.15, -0.1) is 11.6 Å². The van der Waals surface area contributed by atoms with Crippen LogP contribution in [0.1, 0.15) is 22.1 Å². The highest BCUT2D eigenvalue weighted by Gasteiger charge is 2.20. The average molecular weight is 414 g/mol. The van der Waals surface area contributed by atoms with Gasteiger partial charge in [0.1, 0.15) is 5.75 Å². The Balaban J connectivity index is 1.98. The largest absolute Gasteiger partial charge is 0.482 e. The number of benzene rings is 2. The standard InChI is InChI=1S/C16H13ClINO2/c1-9-3-2-4-11(16(9)18)15(17)10-5-6-13-12(7-10)19-14(20)8-21-13/h2-7,15H,8H2,1H3,(H,19,20). The summed E-state index contributed by atoms with van der Waals surface area (Å²) in [6.07, 6.45) is 0. The smallest absolute Gasteiger partial charge is 0.262 e. The number of halogens is 2. The van der Waals surface area contributed by atoms with Gasteiger partial charge < -0.3 is 10.1 Å². The number of fused-ring (bicyclic) bond motifs is 1. The lowest BCUT2D eigenvalue weighted by atomic mass is 10.0. The Morgan fingerprint density at radius 2 is 2.14 bits per heavy atom. The van der Waals surface area contributed by atoms with Crippen molar-refractivity contribution in [1.82, 2.24) is 0 Å². The second-order valence-electron chi connectivity index (χ2n) is 4.93. The zero-order chi connectivity index (χ0) is 15.0. The molecule has 2 aromatic carbocycles. The van der Waals surface area contributed by atoms with E-state index in [4.69, 9.17) is 16.3 Å². The number of alkyl halides is 1. The van der Waals surface area contributed by atoms with E-state index in [0.29, 0.717) is 11.4 Å². The summed E-state index contributed by atoms with van der Waals surface area (Å²) in [7, 11) is 0. The molecule has 1 unspecified atom stereocenters. The van der Waals surface area contributed by atoms with Gasteiger partial charge in [-0.1, -0.05) is 24.3 Å². The predicted octanol–water partition coefficient (Wildman–Crippen LogP) is 4.26. The average Bonchev–Trinajstić information content (AvgIpc) is 2.48. The van der Waals surface area contributed by atoms with E-state index in [1.165, 1.54) is 5.56 Å². The number of rotatable bonds is 2. The molecule has 0 aromatic heterocycles. The number of amides is 1. The van der Waals surface area contributed by atoms with Crippen molar-refractivity contribution in [1.29, 1.82) is 0 Å². The van der Waals surface area contributed by atoms with Crippen LogP contribution in [-0.2, 0) is 4.79 Å². The zero-order valence-corrected chi connectivity index (χ0v) is 14.2. The molecule has 0 aliphatic carbocycles. The Bertz CT molecular complexity index is 717. The molecule has 0 bridgehead atoms. The zero-order valence-electron chi connectivity index (χ0n) is 11.3. The van der Waals surface area contributed by atoms with Gasteiger partial charge in [0.15, 0.2) is 6.61 Å². The van der Waals surface area contributed by atoms with Crippen LogP contribution in [0.3, 0.4) is 0 Å². The fourth-order valence-electron chi connectivity index (χ4n) is 2.30. The first-order chi connectivity index (χ1) is 10.1. The lowest BCUT2D eigenvalue weighted by Crippen LogP contribution is -2.25. The molecule has 21 heavy (non-hydrogen) atoms. The first-order valence-electron chi connectivity index (χ1n) is 6.52. The van der Waals surface area contributed by atoms with Gasteiger partial charge in [-0.2, -0.15) is 0 Å². The summed E-state index contributed by atoms with van der Waals surface area (Å²) in [5.41, 5.74) is 3.88. The van der Waals surface area contributed by atoms with Crippen LogP contribution in [0.4, 0.5) is 5.69 Å². The molecule has 1 amide bonds. The minimum absolute atomic E-state index is 0.0619. The molecule has 1 atom stereocenters. The molecule has 1 aliphatic heterocycles. The van der Waals surface area contributed by atoms with Gasteiger partial charge in [-0.3, -0.25) is 4.79 Å². The SMILES string of the molecule is Cc1cccc(C(Cl)c2ccc3c(c2)NC(=O)CO3)c1I. The van der Waals surface area contributed by atoms with E-state index in [1.54, 1.807) is 0 Å². The molecular formula is C16H13ClINO2. The highest BCUT2D eigenvalue weighted by molar-refractivity contribution is 14.1. The van der Waals surface area contributed by atoms with E-state index in [1.807, 2.05) is 30.3 Å². The van der Waals surface area contributed by atoms with Gasteiger partial charge in [0.05, 0.1) is 11.1 Å². The van der Waals surface area contributed by atoms with Crippen LogP contribution in [0.25, 0.3) is 0 Å². The van der Waals surface area contributed by atoms with Crippen molar-refractivity contribution in [3.8, 4) is 5.75 Å². The number of ether oxygens (including phenoxy) is 1. The number of aryl methyl sites for hydroxylation is 1. The molecule has 5 heteroatoms. The number of nitrogens with one attached hydrogen (secondary N) is 1. The summed E-state index contributed by atoms with van der Waals surface area (Å²) < 4.78 is 6.52. The second kappa shape index (κ2) is 5.85. The number of hydrogen-bond donors (Lipinski definition) is 1. The molecule has 0 spiro atoms. The van der Waals surface area contributed by atoms with Crippen LogP contribution >= 0.6 is 34.2 Å². The van der Waals surface area contributed by atoms with Crippen LogP contribution in [0.2, 0.25) is 0 Å². The predicted molar refractivity (Wildman–Crippen MR) is 92.2 cm³/mol. The number of carbonyl (C=O) groups excluding carboxylic acids is 1. The lowest BCUT2D eigenvalue weighted by molar-refractivity contribution is -0.118. The normalized spacial score (nSPS) is 14.9. The molecule has 1 aliphatic rings. The first kappa shape index (κ1) is 14.7. The van der Waals surface area contributed by atoms with Crippen molar-refractivity contribution in [3.63, 3.8) is 0 Å². The maximum Gasteiger partial charge on any atom is 0.262 e. The Labute approximate surface area is 141 Å². The van der Waals surface area contributed by atoms with E-state index < -0.39 is 0 Å². The summed E-state index contributed by atoms with van der Waals surface area (Å²) in [5, 5.41) is 2.55. The molecule has 3 nitrogen and oxygen atoms in total. The third kappa shape index (κ3) is 2.87. The van der Waals surface area contributed by atoms with Gasteiger partial charge in [0, 0.05) is 3.57 Å². The van der Waals surface area contributed by atoms with Crippen LogP contribution in [-0.4, -0.2) is 12.5 Å². The summed E-state index contributed by atoms with van der Waals surface area (Å²) in [6.45, 7) is 2.13. The quantitative estimate of drug-likeness (QED) is 0.590. The van der Waals surface area contributed by atoms with Crippen molar-refractivity contribution >= 4 is 45.8 Å². The summed E-state index contributed by atoms with van der Waals surface area (Å²) in [5.74, 6) is 0.539. The van der Waals surface area contributed by atoms with E-state index >= 15 is 0 Å². The van der Waals surface area contributed by atoms with E-state index in [2.05, 4.69) is 40.9 Å². The Kier molecular flexibility index (Phi) is 4.08. The highest BCUT2D eigenvalue weighted by Crippen LogP contribution is 2.37. The van der Waals surface area contributed by atoms with Crippen LogP contribution in [0, 0.1) is 10.5 Å². The van der Waals surface area contributed by atoms with Crippen molar-refractivity contribution < 1.29 is 9.53 Å². The van der Waals surface area contributed by atoms with Crippen molar-refractivity contribution in [3.05, 3.63) is 56.7 Å². The molecule has 0 fully saturated rings. The van der Waals surface area contributed by atoms with Gasteiger partial charge in [0.2, 0.25) is 0 Å². The first-order valence-corrected chi connectivity index (χ1v) is 8.03. The van der Waals surface area contributed by atoms with Gasteiger partial charge in [0.25, 0.3) is 5.91 Å². The van der Waals surface area contributed by atoms with Crippen LogP contribution < -0.4 is 10.1 Å². The highest BCUT2D eigenvalue weighted by atomic mass is 127. The molecule has 3 rings (SSSR count). The van der Waals surface area contributed by atoms with E-state index in [0.717, 1.165) is 14.7 Å². The molecule has 0 radical (unpaired) electrons. The molecule has 0 saturated heterocycles. The van der Waals surface area contributed by atoms with E-state index in [9.17, 15) is 4.79 Å². The monoisotopic (exact) mass is 413 g/mol. The fraction of sp³-hybridized carbons (Fsp3) is 0.188. The van der Waals surface area contributed by atoms with Crippen molar-refractivity contribution in [2.45, 2.75) is 12.3 Å². The Morgan fingerprint density at radius 1 is 1.33 bits per heavy atom. The van der Waals surface area contributed by atoms with Crippen molar-refractivity contribution in [2.75, 3.05) is 11.9 Å². The molecule has 1 heterocycles. The molecule has 1 N–H and O–H groups in total. The topological polar surface area (TPSA) is 38.3 Å². The Hall–Kier alpha value is -1.27. The second-order valence-corrected chi connectivity index (χ2v) is 6.45. The minimum atomic E-state index is -0.263. The summed E-state index contributed by atoms with van der Waals surface area (Å²) in [4.78, 5) is 11.4. The molecule has 2 aromatic rings. The number of anilines is 1. The third-order valence-electron chi connectivity index (χ3n) is 3.42. The maximum atomic E-state index is 11.4. The minimum Gasteiger partial charge on any atom is -0.482 e. The fourth-order valence-corrected chi connectivity index (χ4v) is 3.48.